The molecule has 0 aromatic heterocycles. The lowest BCUT2D eigenvalue weighted by Crippen LogP contribution is -2.37. The fraction of sp³-hybridized carbons (Fsp3) is 0.462. The van der Waals surface area contributed by atoms with Gasteiger partial charge in [-0.05, 0) is 18.9 Å². The van der Waals surface area contributed by atoms with E-state index in [4.69, 9.17) is 23.2 Å². The quantitative estimate of drug-likeness (QED) is 0.643. The zero-order valence-electron chi connectivity index (χ0n) is 11.0. The Bertz CT molecular complexity index is 580. The van der Waals surface area contributed by atoms with E-state index in [0.717, 1.165) is 12.8 Å². The molecule has 0 aliphatic heterocycles. The third-order valence-electron chi connectivity index (χ3n) is 3.66. The van der Waals surface area contributed by atoms with Gasteiger partial charge in [-0.15, -0.1) is 0 Å². The minimum Gasteiger partial charge on any atom is -0.481 e. The standard InChI is InChI=1S/C13H14Cl2N2O4/c14-8-5-11(12(17(20)21)6-9(8)15)16-10-4-2-1-3-7(10)13(18)19/h5-7,10,16H,1-4H2,(H,18,19). The van der Waals surface area contributed by atoms with Crippen molar-refractivity contribution < 1.29 is 14.8 Å². The normalized spacial score (nSPS) is 21.8. The molecule has 114 valence electrons. The van der Waals surface area contributed by atoms with E-state index in [9.17, 15) is 20.0 Å². The van der Waals surface area contributed by atoms with E-state index in [1.54, 1.807) is 0 Å². The van der Waals surface area contributed by atoms with E-state index in [1.165, 1.54) is 12.1 Å². The highest BCUT2D eigenvalue weighted by Crippen LogP contribution is 2.36. The van der Waals surface area contributed by atoms with Crippen LogP contribution in [0.1, 0.15) is 25.7 Å². The van der Waals surface area contributed by atoms with E-state index < -0.39 is 16.8 Å². The van der Waals surface area contributed by atoms with E-state index in [0.29, 0.717) is 12.8 Å². The van der Waals surface area contributed by atoms with Gasteiger partial charge in [0.15, 0.2) is 0 Å². The van der Waals surface area contributed by atoms with Crippen LogP contribution in [0.2, 0.25) is 10.0 Å². The molecule has 1 aliphatic carbocycles. The number of nitro groups is 1. The summed E-state index contributed by atoms with van der Waals surface area (Å²) in [6.45, 7) is 0. The molecular formula is C13H14Cl2N2O4. The molecule has 0 amide bonds. The van der Waals surface area contributed by atoms with Crippen LogP contribution >= 0.6 is 23.2 Å². The molecule has 2 atom stereocenters. The van der Waals surface area contributed by atoms with Crippen molar-refractivity contribution in [2.75, 3.05) is 5.32 Å². The molecular weight excluding hydrogens is 319 g/mol. The molecule has 2 rings (SSSR count). The third kappa shape index (κ3) is 3.57. The summed E-state index contributed by atoms with van der Waals surface area (Å²) in [5, 5.41) is 23.6. The summed E-state index contributed by atoms with van der Waals surface area (Å²) >= 11 is 11.7. The molecule has 0 saturated heterocycles. The summed E-state index contributed by atoms with van der Waals surface area (Å²) in [5.74, 6) is -1.46. The van der Waals surface area contributed by atoms with Crippen molar-refractivity contribution in [1.29, 1.82) is 0 Å². The maximum atomic E-state index is 11.3. The summed E-state index contributed by atoms with van der Waals surface area (Å²) in [4.78, 5) is 21.8. The number of nitro benzene ring substituents is 1. The van der Waals surface area contributed by atoms with E-state index in [2.05, 4.69) is 5.32 Å². The second-order valence-electron chi connectivity index (χ2n) is 5.02. The van der Waals surface area contributed by atoms with Crippen LogP contribution < -0.4 is 5.32 Å². The molecule has 0 spiro atoms. The van der Waals surface area contributed by atoms with Crippen LogP contribution in [0.15, 0.2) is 12.1 Å². The van der Waals surface area contributed by atoms with Gasteiger partial charge in [0.1, 0.15) is 5.69 Å². The second-order valence-corrected chi connectivity index (χ2v) is 5.83. The van der Waals surface area contributed by atoms with Crippen molar-refractivity contribution in [3.63, 3.8) is 0 Å². The topological polar surface area (TPSA) is 92.5 Å². The first kappa shape index (κ1) is 15.9. The molecule has 0 radical (unpaired) electrons. The molecule has 1 aliphatic rings. The largest absolute Gasteiger partial charge is 0.481 e. The number of carbonyl (C=O) groups is 1. The number of hydrogen-bond donors (Lipinski definition) is 2. The zero-order valence-corrected chi connectivity index (χ0v) is 12.5. The van der Waals surface area contributed by atoms with E-state index in [-0.39, 0.29) is 27.5 Å². The van der Waals surface area contributed by atoms with Crippen LogP contribution in [-0.2, 0) is 4.79 Å². The Kier molecular flexibility index (Phi) is 4.90. The molecule has 6 nitrogen and oxygen atoms in total. The maximum Gasteiger partial charge on any atom is 0.308 e. The van der Waals surface area contributed by atoms with Gasteiger partial charge < -0.3 is 10.4 Å². The highest BCUT2D eigenvalue weighted by molar-refractivity contribution is 6.42. The summed E-state index contributed by atoms with van der Waals surface area (Å²) in [6.07, 6.45) is 2.94. The fourth-order valence-electron chi connectivity index (χ4n) is 2.60. The first-order valence-corrected chi connectivity index (χ1v) is 7.28. The van der Waals surface area contributed by atoms with Gasteiger partial charge in [-0.3, -0.25) is 14.9 Å². The monoisotopic (exact) mass is 332 g/mol. The number of benzene rings is 1. The molecule has 2 unspecified atom stereocenters. The van der Waals surface area contributed by atoms with Gasteiger partial charge in [-0.1, -0.05) is 36.0 Å². The van der Waals surface area contributed by atoms with Gasteiger partial charge in [0, 0.05) is 12.1 Å². The Hall–Kier alpha value is -1.53. The highest BCUT2D eigenvalue weighted by atomic mass is 35.5. The molecule has 21 heavy (non-hydrogen) atoms. The molecule has 8 heteroatoms. The lowest BCUT2D eigenvalue weighted by molar-refractivity contribution is -0.384. The SMILES string of the molecule is O=C(O)C1CCCCC1Nc1cc(Cl)c(Cl)cc1[N+](=O)[O-]. The lowest BCUT2D eigenvalue weighted by atomic mass is 9.84. The van der Waals surface area contributed by atoms with Crippen molar-refractivity contribution in [3.8, 4) is 0 Å². The summed E-state index contributed by atoms with van der Waals surface area (Å²) in [5.41, 5.74) is -0.00772. The number of aliphatic carboxylic acids is 1. The number of carboxylic acids is 1. The van der Waals surface area contributed by atoms with Crippen LogP contribution in [-0.4, -0.2) is 22.0 Å². The van der Waals surface area contributed by atoms with Gasteiger partial charge in [-0.25, -0.2) is 0 Å². The van der Waals surface area contributed by atoms with Crippen molar-refractivity contribution in [2.45, 2.75) is 31.7 Å². The van der Waals surface area contributed by atoms with Crippen LogP contribution in [0.25, 0.3) is 0 Å². The van der Waals surface area contributed by atoms with Crippen LogP contribution in [0.4, 0.5) is 11.4 Å². The number of nitrogens with one attached hydrogen (secondary N) is 1. The Morgan fingerprint density at radius 3 is 2.52 bits per heavy atom. The van der Waals surface area contributed by atoms with Crippen LogP contribution in [0.3, 0.4) is 0 Å². The maximum absolute atomic E-state index is 11.3. The molecule has 0 bridgehead atoms. The van der Waals surface area contributed by atoms with Gasteiger partial charge >= 0.3 is 5.97 Å². The summed E-state index contributed by atoms with van der Waals surface area (Å²) in [6, 6.07) is 2.19. The molecule has 2 N–H and O–H groups in total. The Labute approximate surface area is 131 Å². The smallest absolute Gasteiger partial charge is 0.308 e. The van der Waals surface area contributed by atoms with Crippen molar-refractivity contribution >= 4 is 40.5 Å². The van der Waals surface area contributed by atoms with Crippen molar-refractivity contribution in [3.05, 3.63) is 32.3 Å². The molecule has 1 aromatic carbocycles. The van der Waals surface area contributed by atoms with E-state index >= 15 is 0 Å². The Morgan fingerprint density at radius 2 is 1.90 bits per heavy atom. The predicted octanol–water partition coefficient (Wildman–Crippen LogP) is 3.96. The second kappa shape index (κ2) is 6.49. The number of hydrogen-bond acceptors (Lipinski definition) is 4. The molecule has 0 heterocycles. The number of carboxylic acid groups (broad SMARTS) is 1. The predicted molar refractivity (Wildman–Crippen MR) is 80.1 cm³/mol. The molecule has 1 fully saturated rings. The van der Waals surface area contributed by atoms with Gasteiger partial charge in [0.05, 0.1) is 20.9 Å². The van der Waals surface area contributed by atoms with Gasteiger partial charge in [0.2, 0.25) is 0 Å². The third-order valence-corrected chi connectivity index (χ3v) is 4.38. The fourth-order valence-corrected chi connectivity index (χ4v) is 2.92. The zero-order chi connectivity index (χ0) is 15.6. The number of anilines is 1. The Balaban J connectivity index is 2.31. The van der Waals surface area contributed by atoms with Crippen LogP contribution in [0, 0.1) is 16.0 Å². The van der Waals surface area contributed by atoms with Gasteiger partial charge in [0.25, 0.3) is 5.69 Å². The van der Waals surface area contributed by atoms with E-state index in [1.807, 2.05) is 0 Å². The minimum absolute atomic E-state index is 0.0901. The first-order valence-electron chi connectivity index (χ1n) is 6.53. The van der Waals surface area contributed by atoms with Gasteiger partial charge in [-0.2, -0.15) is 0 Å². The number of nitrogens with zero attached hydrogens (tertiary/aromatic N) is 1. The highest BCUT2D eigenvalue weighted by Gasteiger charge is 2.32. The lowest BCUT2D eigenvalue weighted by Gasteiger charge is -2.30. The first-order chi connectivity index (χ1) is 9.90. The molecule has 1 saturated carbocycles. The number of halogens is 2. The summed E-state index contributed by atoms with van der Waals surface area (Å²) < 4.78 is 0. The van der Waals surface area contributed by atoms with Crippen molar-refractivity contribution in [2.24, 2.45) is 5.92 Å². The molecule has 1 aromatic rings. The summed E-state index contributed by atoms with van der Waals surface area (Å²) in [7, 11) is 0. The van der Waals surface area contributed by atoms with Crippen LogP contribution in [0.5, 0.6) is 0 Å². The number of rotatable bonds is 4. The average Bonchev–Trinajstić information content (AvgIpc) is 2.42. The average molecular weight is 333 g/mol. The minimum atomic E-state index is -0.894. The Morgan fingerprint density at radius 1 is 1.29 bits per heavy atom. The van der Waals surface area contributed by atoms with Crippen molar-refractivity contribution in [1.82, 2.24) is 0 Å².